The van der Waals surface area contributed by atoms with E-state index < -0.39 is 17.7 Å². The maximum absolute atomic E-state index is 13.4. The number of rotatable bonds is 1. The summed E-state index contributed by atoms with van der Waals surface area (Å²) in [6.07, 6.45) is 1.23. The highest BCUT2D eigenvalue weighted by molar-refractivity contribution is 5.78. The van der Waals surface area contributed by atoms with Gasteiger partial charge in [-0.3, -0.25) is 0 Å². The first-order valence-electron chi connectivity index (χ1n) is 4.77. The largest absolute Gasteiger partial charge is 0.484 e. The van der Waals surface area contributed by atoms with Gasteiger partial charge in [-0.2, -0.15) is 0 Å². The molecule has 0 aromatic heterocycles. The van der Waals surface area contributed by atoms with Crippen LogP contribution in [0.1, 0.15) is 24.4 Å². The second-order valence-electron chi connectivity index (χ2n) is 3.42. The van der Waals surface area contributed by atoms with Gasteiger partial charge in [-0.1, -0.05) is 6.07 Å². The normalized spacial score (nSPS) is 20.2. The lowest BCUT2D eigenvalue weighted by atomic mass is 10.0. The Morgan fingerprint density at radius 3 is 2.53 bits per heavy atom. The molecule has 80 valence electrons. The number of ether oxygens (including phenoxy) is 1. The van der Waals surface area contributed by atoms with Crippen molar-refractivity contribution in [3.05, 3.63) is 35.4 Å². The Bertz CT molecular complexity index is 383. The molecule has 0 bridgehead atoms. The molecule has 15 heavy (non-hydrogen) atoms. The molecule has 1 aromatic rings. The van der Waals surface area contributed by atoms with Crippen LogP contribution in [-0.4, -0.2) is 13.0 Å². The first-order valence-corrected chi connectivity index (χ1v) is 4.77. The van der Waals surface area contributed by atoms with Gasteiger partial charge in [-0.05, 0) is 18.6 Å². The fourth-order valence-electron chi connectivity index (χ4n) is 1.76. The van der Waals surface area contributed by atoms with Crippen LogP contribution in [-0.2, 0) is 4.74 Å². The minimum atomic E-state index is -0.541. The van der Waals surface area contributed by atoms with Crippen molar-refractivity contribution in [3.63, 3.8) is 0 Å². The molecule has 2 rings (SSSR count). The van der Waals surface area contributed by atoms with Crippen LogP contribution in [0, 0.1) is 11.6 Å². The van der Waals surface area contributed by atoms with Gasteiger partial charge in [-0.25, -0.2) is 13.8 Å². The Labute approximate surface area is 86.6 Å². The van der Waals surface area contributed by atoms with Crippen molar-refractivity contribution in [2.75, 3.05) is 7.11 Å². The third-order valence-electron chi connectivity index (χ3n) is 2.50. The maximum atomic E-state index is 13.4. The third kappa shape index (κ3) is 1.84. The minimum Gasteiger partial charge on any atom is -0.484 e. The molecule has 1 aliphatic heterocycles. The summed E-state index contributed by atoms with van der Waals surface area (Å²) >= 11 is 0. The van der Waals surface area contributed by atoms with Crippen molar-refractivity contribution >= 4 is 5.90 Å². The van der Waals surface area contributed by atoms with E-state index in [4.69, 9.17) is 4.74 Å². The summed E-state index contributed by atoms with van der Waals surface area (Å²) in [7, 11) is 1.51. The molecule has 1 unspecified atom stereocenters. The number of halogens is 2. The predicted octanol–water partition coefficient (Wildman–Crippen LogP) is 2.84. The van der Waals surface area contributed by atoms with Crippen LogP contribution in [0.5, 0.6) is 0 Å². The monoisotopic (exact) mass is 211 g/mol. The zero-order chi connectivity index (χ0) is 10.8. The van der Waals surface area contributed by atoms with Gasteiger partial charge in [-0.15, -0.1) is 0 Å². The number of hydrogen-bond donors (Lipinski definition) is 0. The van der Waals surface area contributed by atoms with Crippen LogP contribution in [0.25, 0.3) is 0 Å². The van der Waals surface area contributed by atoms with E-state index in [1.807, 2.05) is 0 Å². The van der Waals surface area contributed by atoms with E-state index in [9.17, 15) is 8.78 Å². The van der Waals surface area contributed by atoms with Gasteiger partial charge in [0.05, 0.1) is 13.2 Å². The van der Waals surface area contributed by atoms with Gasteiger partial charge in [0, 0.05) is 12.0 Å². The van der Waals surface area contributed by atoms with Crippen LogP contribution in [0.3, 0.4) is 0 Å². The molecule has 0 saturated carbocycles. The second-order valence-corrected chi connectivity index (χ2v) is 3.42. The average Bonchev–Trinajstić information content (AvgIpc) is 2.66. The summed E-state index contributed by atoms with van der Waals surface area (Å²) in [5.41, 5.74) is 0.0459. The molecule has 0 amide bonds. The Kier molecular flexibility index (Phi) is 2.66. The van der Waals surface area contributed by atoms with Gasteiger partial charge < -0.3 is 4.74 Å². The third-order valence-corrected chi connectivity index (χ3v) is 2.50. The van der Waals surface area contributed by atoms with Gasteiger partial charge >= 0.3 is 0 Å². The van der Waals surface area contributed by atoms with Crippen LogP contribution in [0.2, 0.25) is 0 Å². The molecule has 1 aromatic carbocycles. The molecule has 0 radical (unpaired) electrons. The van der Waals surface area contributed by atoms with E-state index in [1.165, 1.54) is 25.3 Å². The van der Waals surface area contributed by atoms with Crippen LogP contribution < -0.4 is 0 Å². The summed E-state index contributed by atoms with van der Waals surface area (Å²) in [6.45, 7) is 0. The Balaban J connectivity index is 2.35. The highest BCUT2D eigenvalue weighted by atomic mass is 19.1. The van der Waals surface area contributed by atoms with E-state index in [-0.39, 0.29) is 5.56 Å². The van der Waals surface area contributed by atoms with E-state index in [0.29, 0.717) is 18.7 Å². The summed E-state index contributed by atoms with van der Waals surface area (Å²) in [4.78, 5) is 4.11. The SMILES string of the molecule is COC1=NC(c2c(F)cccc2F)CC1. The van der Waals surface area contributed by atoms with Gasteiger partial charge in [0.1, 0.15) is 11.6 Å². The van der Waals surface area contributed by atoms with Crippen molar-refractivity contribution in [3.8, 4) is 0 Å². The Morgan fingerprint density at radius 1 is 1.33 bits per heavy atom. The lowest BCUT2D eigenvalue weighted by Crippen LogP contribution is -1.99. The predicted molar refractivity (Wildman–Crippen MR) is 52.8 cm³/mol. The fraction of sp³-hybridized carbons (Fsp3) is 0.364. The molecule has 0 aliphatic carbocycles. The van der Waals surface area contributed by atoms with Crippen molar-refractivity contribution < 1.29 is 13.5 Å². The van der Waals surface area contributed by atoms with Crippen molar-refractivity contribution in [2.24, 2.45) is 4.99 Å². The molecule has 4 heteroatoms. The zero-order valence-electron chi connectivity index (χ0n) is 8.34. The zero-order valence-corrected chi connectivity index (χ0v) is 8.34. The number of methoxy groups -OCH3 is 1. The molecule has 2 nitrogen and oxygen atoms in total. The quantitative estimate of drug-likeness (QED) is 0.700. The molecule has 0 fully saturated rings. The van der Waals surface area contributed by atoms with Crippen molar-refractivity contribution in [1.82, 2.24) is 0 Å². The number of nitrogens with zero attached hydrogens (tertiary/aromatic N) is 1. The molecule has 1 atom stereocenters. The van der Waals surface area contributed by atoms with E-state index in [0.717, 1.165) is 0 Å². The molecular formula is C11H11F2NO. The summed E-state index contributed by atoms with van der Waals surface area (Å²) in [6, 6.07) is 3.41. The van der Waals surface area contributed by atoms with Crippen molar-refractivity contribution in [1.29, 1.82) is 0 Å². The van der Waals surface area contributed by atoms with E-state index >= 15 is 0 Å². The van der Waals surface area contributed by atoms with Crippen LogP contribution >= 0.6 is 0 Å². The van der Waals surface area contributed by atoms with Crippen LogP contribution in [0.4, 0.5) is 8.78 Å². The number of hydrogen-bond acceptors (Lipinski definition) is 2. The number of benzene rings is 1. The minimum absolute atomic E-state index is 0.0459. The van der Waals surface area contributed by atoms with Gasteiger partial charge in [0.2, 0.25) is 0 Å². The van der Waals surface area contributed by atoms with Crippen molar-refractivity contribution in [2.45, 2.75) is 18.9 Å². The summed E-state index contributed by atoms with van der Waals surface area (Å²) in [5, 5.41) is 0. The van der Waals surface area contributed by atoms with E-state index in [1.54, 1.807) is 0 Å². The van der Waals surface area contributed by atoms with Crippen LogP contribution in [0.15, 0.2) is 23.2 Å². The molecular weight excluding hydrogens is 200 g/mol. The molecule has 0 N–H and O–H groups in total. The molecule has 0 spiro atoms. The topological polar surface area (TPSA) is 21.6 Å². The standard InChI is InChI=1S/C11H11F2NO/c1-15-10-6-5-9(14-10)11-7(12)3-2-4-8(11)13/h2-4,9H,5-6H2,1H3. The van der Waals surface area contributed by atoms with Gasteiger partial charge in [0.15, 0.2) is 5.90 Å². The number of aliphatic imine (C=N–C) groups is 1. The Hall–Kier alpha value is -1.45. The lowest BCUT2D eigenvalue weighted by Gasteiger charge is -2.08. The molecule has 1 aliphatic rings. The maximum Gasteiger partial charge on any atom is 0.183 e. The highest BCUT2D eigenvalue weighted by Gasteiger charge is 2.25. The second kappa shape index (κ2) is 3.96. The molecule has 1 heterocycles. The molecule has 0 saturated heterocycles. The van der Waals surface area contributed by atoms with E-state index in [2.05, 4.69) is 4.99 Å². The first kappa shape index (κ1) is 10.1. The highest BCUT2D eigenvalue weighted by Crippen LogP contribution is 2.32. The Morgan fingerprint density at radius 2 is 2.00 bits per heavy atom. The first-order chi connectivity index (χ1) is 7.22. The van der Waals surface area contributed by atoms with Gasteiger partial charge in [0.25, 0.3) is 0 Å². The lowest BCUT2D eigenvalue weighted by molar-refractivity contribution is 0.395. The fourth-order valence-corrected chi connectivity index (χ4v) is 1.76. The average molecular weight is 211 g/mol. The summed E-state index contributed by atoms with van der Waals surface area (Å²) < 4.78 is 31.7. The summed E-state index contributed by atoms with van der Waals surface area (Å²) in [5.74, 6) is -0.523. The smallest absolute Gasteiger partial charge is 0.183 e.